The van der Waals surface area contributed by atoms with Crippen LogP contribution >= 0.6 is 0 Å². The molecule has 1 unspecified atom stereocenters. The second-order valence-corrected chi connectivity index (χ2v) is 8.11. The van der Waals surface area contributed by atoms with E-state index in [-0.39, 0.29) is 29.9 Å². The van der Waals surface area contributed by atoms with Gasteiger partial charge in [0.15, 0.2) is 6.79 Å². The predicted octanol–water partition coefficient (Wildman–Crippen LogP) is 4.54. The Morgan fingerprint density at radius 2 is 1.97 bits per heavy atom. The van der Waals surface area contributed by atoms with Crippen molar-refractivity contribution >= 4 is 5.97 Å². The van der Waals surface area contributed by atoms with E-state index in [0.29, 0.717) is 37.7 Å². The number of benzene rings is 1. The molecule has 3 rings (SSSR count). The molecule has 1 N–H and O–H groups in total. The van der Waals surface area contributed by atoms with Crippen LogP contribution in [0.1, 0.15) is 56.9 Å². The first kappa shape index (κ1) is 24.4. The Balaban J connectivity index is 1.45. The van der Waals surface area contributed by atoms with Gasteiger partial charge in [0.25, 0.3) is 0 Å². The number of nitrogens with zero attached hydrogens (tertiary/aromatic N) is 1. The lowest BCUT2D eigenvalue weighted by atomic mass is 9.94. The molecule has 0 amide bonds. The molecule has 32 heavy (non-hydrogen) atoms. The van der Waals surface area contributed by atoms with E-state index in [1.54, 1.807) is 12.1 Å². The van der Waals surface area contributed by atoms with Crippen LogP contribution in [0.25, 0.3) is 11.5 Å². The fourth-order valence-electron chi connectivity index (χ4n) is 3.93. The molecule has 1 aromatic heterocycles. The van der Waals surface area contributed by atoms with Crippen LogP contribution in [-0.2, 0) is 25.6 Å². The van der Waals surface area contributed by atoms with Crippen LogP contribution in [0, 0.1) is 18.7 Å². The number of aliphatic hydroxyl groups excluding tert-OH is 1. The standard InChI is InChI=1S/C24H32FNO6/c1-3-17(24(28)31-15-27)11-12-29-20-5-4-6-21(13-20)30-14-22-16(2)32-23(26-22)18-7-9-19(25)10-8-18/h7-10,17,20-21,27H,3-6,11-15H2,1-2H3/t17?,20-,21+/m1/s1. The number of halogens is 1. The third kappa shape index (κ3) is 6.85. The lowest BCUT2D eigenvalue weighted by Gasteiger charge is -2.29. The van der Waals surface area contributed by atoms with E-state index >= 15 is 0 Å². The molecule has 1 aliphatic carbocycles. The molecule has 1 fully saturated rings. The van der Waals surface area contributed by atoms with Crippen LogP contribution in [0.3, 0.4) is 0 Å². The Hall–Kier alpha value is -2.29. The maximum atomic E-state index is 13.1. The van der Waals surface area contributed by atoms with E-state index in [4.69, 9.17) is 19.0 Å². The van der Waals surface area contributed by atoms with Gasteiger partial charge < -0.3 is 23.7 Å². The maximum absolute atomic E-state index is 13.1. The van der Waals surface area contributed by atoms with Crippen LogP contribution in [0.4, 0.5) is 4.39 Å². The molecule has 0 spiro atoms. The van der Waals surface area contributed by atoms with Crippen molar-refractivity contribution in [1.82, 2.24) is 4.98 Å². The molecular weight excluding hydrogens is 417 g/mol. The Kier molecular flexibility index (Phi) is 9.20. The molecule has 0 aliphatic heterocycles. The Bertz CT molecular complexity index is 853. The number of rotatable bonds is 11. The highest BCUT2D eigenvalue weighted by molar-refractivity contribution is 5.72. The number of aryl methyl sites for hydroxylation is 1. The van der Waals surface area contributed by atoms with Gasteiger partial charge in [-0.25, -0.2) is 9.37 Å². The highest BCUT2D eigenvalue weighted by Gasteiger charge is 2.25. The zero-order chi connectivity index (χ0) is 22.9. The summed E-state index contributed by atoms with van der Waals surface area (Å²) in [5.41, 5.74) is 1.46. The van der Waals surface area contributed by atoms with Crippen molar-refractivity contribution in [2.45, 2.75) is 71.2 Å². The number of aromatic nitrogens is 1. The van der Waals surface area contributed by atoms with Gasteiger partial charge in [0.2, 0.25) is 5.89 Å². The SMILES string of the molecule is CCC(CCO[C@@H]1CCC[C@H](OCc2nc(-c3ccc(F)cc3)oc2C)C1)C(=O)OCO. The predicted molar refractivity (Wildman–Crippen MR) is 115 cm³/mol. The average molecular weight is 450 g/mol. The average Bonchev–Trinajstić information content (AvgIpc) is 3.16. The van der Waals surface area contributed by atoms with E-state index in [9.17, 15) is 9.18 Å². The number of esters is 1. The van der Waals surface area contributed by atoms with E-state index in [1.807, 2.05) is 13.8 Å². The largest absolute Gasteiger partial charge is 0.441 e. The molecule has 3 atom stereocenters. The molecule has 1 aromatic carbocycles. The van der Waals surface area contributed by atoms with Gasteiger partial charge in [0.05, 0.1) is 24.7 Å². The summed E-state index contributed by atoms with van der Waals surface area (Å²) < 4.78 is 35.7. The minimum absolute atomic E-state index is 0.0699. The van der Waals surface area contributed by atoms with Crippen molar-refractivity contribution in [3.8, 4) is 11.5 Å². The van der Waals surface area contributed by atoms with Crippen molar-refractivity contribution in [3.05, 3.63) is 41.5 Å². The van der Waals surface area contributed by atoms with Gasteiger partial charge in [-0.2, -0.15) is 0 Å². The van der Waals surface area contributed by atoms with Gasteiger partial charge in [-0.3, -0.25) is 4.79 Å². The van der Waals surface area contributed by atoms with E-state index in [2.05, 4.69) is 9.72 Å². The number of aliphatic hydroxyl groups is 1. The molecule has 8 heteroatoms. The minimum Gasteiger partial charge on any atom is -0.441 e. The van der Waals surface area contributed by atoms with Crippen molar-refractivity contribution in [2.75, 3.05) is 13.4 Å². The second-order valence-electron chi connectivity index (χ2n) is 8.11. The third-order valence-electron chi connectivity index (χ3n) is 5.87. The molecule has 2 aromatic rings. The number of ether oxygens (including phenoxy) is 3. The molecule has 7 nitrogen and oxygen atoms in total. The Labute approximate surface area is 187 Å². The highest BCUT2D eigenvalue weighted by atomic mass is 19.1. The Morgan fingerprint density at radius 1 is 1.25 bits per heavy atom. The van der Waals surface area contributed by atoms with Gasteiger partial charge in [-0.1, -0.05) is 6.92 Å². The summed E-state index contributed by atoms with van der Waals surface area (Å²) in [6.07, 6.45) is 5.11. The fourth-order valence-corrected chi connectivity index (χ4v) is 3.93. The second kappa shape index (κ2) is 12.1. The van der Waals surface area contributed by atoms with Crippen molar-refractivity contribution in [2.24, 2.45) is 5.92 Å². The monoisotopic (exact) mass is 449 g/mol. The van der Waals surface area contributed by atoms with Crippen LogP contribution < -0.4 is 0 Å². The number of carbonyl (C=O) groups excluding carboxylic acids is 1. The Morgan fingerprint density at radius 3 is 2.66 bits per heavy atom. The van der Waals surface area contributed by atoms with Gasteiger partial charge in [-0.05, 0) is 69.7 Å². The third-order valence-corrected chi connectivity index (χ3v) is 5.87. The lowest BCUT2D eigenvalue weighted by Crippen LogP contribution is -2.29. The van der Waals surface area contributed by atoms with E-state index < -0.39 is 6.79 Å². The summed E-state index contributed by atoms with van der Waals surface area (Å²) in [5, 5.41) is 8.75. The van der Waals surface area contributed by atoms with E-state index in [1.165, 1.54) is 12.1 Å². The first-order chi connectivity index (χ1) is 15.5. The number of hydrogen-bond acceptors (Lipinski definition) is 7. The summed E-state index contributed by atoms with van der Waals surface area (Å²) in [5.74, 6) is 0.198. The van der Waals surface area contributed by atoms with Gasteiger partial charge in [0, 0.05) is 12.2 Å². The van der Waals surface area contributed by atoms with Gasteiger partial charge >= 0.3 is 5.97 Å². The van der Waals surface area contributed by atoms with E-state index in [0.717, 1.165) is 36.9 Å². The van der Waals surface area contributed by atoms with Crippen LogP contribution in [0.5, 0.6) is 0 Å². The molecule has 0 saturated heterocycles. The van der Waals surface area contributed by atoms with Crippen molar-refractivity contribution in [1.29, 1.82) is 0 Å². The molecular formula is C24H32FNO6. The molecule has 1 aliphatic rings. The highest BCUT2D eigenvalue weighted by Crippen LogP contribution is 2.27. The quantitative estimate of drug-likeness (QED) is 0.398. The first-order valence-electron chi connectivity index (χ1n) is 11.2. The zero-order valence-electron chi connectivity index (χ0n) is 18.7. The maximum Gasteiger partial charge on any atom is 0.311 e. The van der Waals surface area contributed by atoms with Crippen molar-refractivity contribution in [3.63, 3.8) is 0 Å². The number of hydrogen-bond donors (Lipinski definition) is 1. The van der Waals surface area contributed by atoms with Crippen molar-refractivity contribution < 1.29 is 32.9 Å². The summed E-state index contributed by atoms with van der Waals surface area (Å²) in [6.45, 7) is 3.99. The zero-order valence-corrected chi connectivity index (χ0v) is 18.7. The fraction of sp³-hybridized carbons (Fsp3) is 0.583. The minimum atomic E-state index is -0.589. The molecule has 1 saturated carbocycles. The van der Waals surface area contributed by atoms with Crippen LogP contribution in [0.15, 0.2) is 28.7 Å². The van der Waals surface area contributed by atoms with Gasteiger partial charge in [-0.15, -0.1) is 0 Å². The summed E-state index contributed by atoms with van der Waals surface area (Å²) in [6, 6.07) is 6.04. The molecule has 0 radical (unpaired) electrons. The summed E-state index contributed by atoms with van der Waals surface area (Å²) in [7, 11) is 0. The normalized spacial score (nSPS) is 19.6. The molecule has 1 heterocycles. The summed E-state index contributed by atoms with van der Waals surface area (Å²) in [4.78, 5) is 16.3. The van der Waals surface area contributed by atoms with Crippen LogP contribution in [-0.4, -0.2) is 41.7 Å². The molecule has 0 bridgehead atoms. The first-order valence-corrected chi connectivity index (χ1v) is 11.2. The smallest absolute Gasteiger partial charge is 0.311 e. The van der Waals surface area contributed by atoms with Crippen LogP contribution in [0.2, 0.25) is 0 Å². The number of oxazole rings is 1. The number of carbonyl (C=O) groups is 1. The summed E-state index contributed by atoms with van der Waals surface area (Å²) >= 11 is 0. The molecule has 176 valence electrons. The topological polar surface area (TPSA) is 91.0 Å². The lowest BCUT2D eigenvalue weighted by molar-refractivity contribution is -0.158. The van der Waals surface area contributed by atoms with Gasteiger partial charge in [0.1, 0.15) is 17.3 Å².